The highest BCUT2D eigenvalue weighted by Gasteiger charge is 2.16. The van der Waals surface area contributed by atoms with Gasteiger partial charge in [-0.05, 0) is 30.5 Å². The van der Waals surface area contributed by atoms with Crippen LogP contribution in [0.4, 0.5) is 0 Å². The Balaban J connectivity index is 0.00000120. The van der Waals surface area contributed by atoms with Crippen molar-refractivity contribution >= 4 is 22.9 Å². The van der Waals surface area contributed by atoms with Crippen LogP contribution in [-0.2, 0) is 0 Å². The summed E-state index contributed by atoms with van der Waals surface area (Å²) in [6.07, 6.45) is 5.96. The maximum absolute atomic E-state index is 5.67. The lowest BCUT2D eigenvalue weighted by Gasteiger charge is -1.94. The summed E-state index contributed by atoms with van der Waals surface area (Å²) in [6, 6.07) is 12.4. The molecule has 0 radical (unpaired) electrons. The van der Waals surface area contributed by atoms with Crippen molar-refractivity contribution < 1.29 is 21.4 Å². The van der Waals surface area contributed by atoms with Crippen molar-refractivity contribution in [2.24, 2.45) is 0 Å². The first kappa shape index (κ1) is 12.9. The molecule has 2 aromatic heterocycles. The van der Waals surface area contributed by atoms with Gasteiger partial charge in [-0.2, -0.15) is 4.57 Å². The molecular formula is C13H11ClN2OS. The minimum atomic E-state index is 0. The van der Waals surface area contributed by atoms with E-state index in [1.807, 2.05) is 53.4 Å². The van der Waals surface area contributed by atoms with E-state index in [0.717, 1.165) is 11.1 Å². The van der Waals surface area contributed by atoms with Gasteiger partial charge in [0.25, 0.3) is 0 Å². The van der Waals surface area contributed by atoms with E-state index in [0.29, 0.717) is 6.01 Å². The predicted molar refractivity (Wildman–Crippen MR) is 67.3 cm³/mol. The molecule has 3 rings (SSSR count). The lowest BCUT2D eigenvalue weighted by molar-refractivity contribution is -0.613. The van der Waals surface area contributed by atoms with Crippen LogP contribution in [0.25, 0.3) is 17.1 Å². The van der Waals surface area contributed by atoms with E-state index in [4.69, 9.17) is 4.42 Å². The molecule has 3 nitrogen and oxygen atoms in total. The number of benzene rings is 1. The smallest absolute Gasteiger partial charge is 0.509 e. The van der Waals surface area contributed by atoms with Crippen molar-refractivity contribution in [1.29, 1.82) is 0 Å². The second-order valence-corrected chi connectivity index (χ2v) is 4.49. The van der Waals surface area contributed by atoms with Crippen LogP contribution in [-0.4, -0.2) is 11.2 Å². The van der Waals surface area contributed by atoms with Gasteiger partial charge in [0.2, 0.25) is 5.52 Å². The Hall–Kier alpha value is -1.52. The fraction of sp³-hybridized carbons (Fsp3) is 0.0769. The molecule has 0 unspecified atom stereocenters. The third-order valence-electron chi connectivity index (χ3n) is 2.54. The second kappa shape index (κ2) is 5.42. The van der Waals surface area contributed by atoms with Gasteiger partial charge in [0, 0.05) is 9.88 Å². The minimum Gasteiger partial charge on any atom is -1.00 e. The van der Waals surface area contributed by atoms with Gasteiger partial charge >= 0.3 is 6.01 Å². The molecular weight excluding hydrogens is 268 g/mol. The van der Waals surface area contributed by atoms with Crippen LogP contribution >= 0.6 is 11.8 Å². The van der Waals surface area contributed by atoms with Crippen molar-refractivity contribution in [3.63, 3.8) is 0 Å². The summed E-state index contributed by atoms with van der Waals surface area (Å²) in [5.41, 5.74) is 1.69. The number of thioether (sulfide) groups is 1. The zero-order valence-corrected chi connectivity index (χ0v) is 11.3. The molecule has 92 valence electrons. The van der Waals surface area contributed by atoms with Gasteiger partial charge in [0.1, 0.15) is 12.4 Å². The number of hydrogen-bond donors (Lipinski definition) is 0. The summed E-state index contributed by atoms with van der Waals surface area (Å²) in [5, 5.41) is 0. The lowest BCUT2D eigenvalue weighted by Crippen LogP contribution is -3.00. The SMILES string of the molecule is CSc1cc[n+](-c2nc3ccccc3o2)cc1.[Cl-]. The number of fused-ring (bicyclic) bond motifs is 1. The van der Waals surface area contributed by atoms with Gasteiger partial charge in [-0.3, -0.25) is 0 Å². The fourth-order valence-corrected chi connectivity index (χ4v) is 2.04. The molecule has 0 aliphatic heterocycles. The quantitative estimate of drug-likeness (QED) is 0.482. The molecule has 0 amide bonds. The first-order chi connectivity index (χ1) is 8.36. The Kier molecular flexibility index (Phi) is 3.89. The largest absolute Gasteiger partial charge is 1.00 e. The molecule has 0 spiro atoms. The fourth-order valence-electron chi connectivity index (χ4n) is 1.65. The third kappa shape index (κ3) is 2.35. The number of pyridine rings is 1. The molecule has 0 saturated carbocycles. The van der Waals surface area contributed by atoms with Crippen molar-refractivity contribution in [3.8, 4) is 6.01 Å². The molecule has 3 aromatic rings. The first-order valence-electron chi connectivity index (χ1n) is 5.28. The van der Waals surface area contributed by atoms with Gasteiger partial charge in [0.15, 0.2) is 5.58 Å². The van der Waals surface area contributed by atoms with Crippen LogP contribution < -0.4 is 17.0 Å². The first-order valence-corrected chi connectivity index (χ1v) is 6.50. The number of rotatable bonds is 2. The molecule has 5 heteroatoms. The Labute approximate surface area is 115 Å². The second-order valence-electron chi connectivity index (χ2n) is 3.61. The van der Waals surface area contributed by atoms with Crippen molar-refractivity contribution in [2.45, 2.75) is 4.90 Å². The highest BCUT2D eigenvalue weighted by molar-refractivity contribution is 7.98. The standard InChI is InChI=1S/C13H11N2OS.ClH/c1-17-10-6-8-15(9-7-10)13-14-11-4-2-3-5-12(11)16-13;/h2-9H,1H3;1H/q+1;/p-1. The van der Waals surface area contributed by atoms with Crippen LogP contribution in [0.1, 0.15) is 0 Å². The average molecular weight is 279 g/mol. The van der Waals surface area contributed by atoms with E-state index in [1.165, 1.54) is 4.90 Å². The zero-order chi connectivity index (χ0) is 11.7. The normalized spacial score (nSPS) is 10.3. The predicted octanol–water partition coefficient (Wildman–Crippen LogP) is -0.170. The van der Waals surface area contributed by atoms with E-state index in [2.05, 4.69) is 11.2 Å². The van der Waals surface area contributed by atoms with Gasteiger partial charge in [-0.15, -0.1) is 11.8 Å². The molecule has 0 aliphatic carbocycles. The monoisotopic (exact) mass is 278 g/mol. The van der Waals surface area contributed by atoms with Gasteiger partial charge in [0.05, 0.1) is 0 Å². The molecule has 18 heavy (non-hydrogen) atoms. The maximum Gasteiger partial charge on any atom is 0.509 e. The number of para-hydroxylation sites is 2. The Morgan fingerprint density at radius 2 is 1.83 bits per heavy atom. The summed E-state index contributed by atoms with van der Waals surface area (Å²) in [4.78, 5) is 5.65. The molecule has 0 aliphatic rings. The summed E-state index contributed by atoms with van der Waals surface area (Å²) >= 11 is 1.71. The van der Waals surface area contributed by atoms with Gasteiger partial charge in [-0.1, -0.05) is 12.1 Å². The van der Waals surface area contributed by atoms with Crippen molar-refractivity contribution in [1.82, 2.24) is 4.98 Å². The Morgan fingerprint density at radius 1 is 1.11 bits per heavy atom. The Bertz CT molecular complexity index is 618. The number of oxazole rings is 1. The summed E-state index contributed by atoms with van der Waals surface area (Å²) in [6.45, 7) is 0. The molecule has 2 heterocycles. The van der Waals surface area contributed by atoms with Crippen LogP contribution in [0, 0.1) is 0 Å². The number of nitrogens with zero attached hydrogens (tertiary/aromatic N) is 2. The van der Waals surface area contributed by atoms with Crippen LogP contribution in [0.3, 0.4) is 0 Å². The summed E-state index contributed by atoms with van der Waals surface area (Å²) in [7, 11) is 0. The molecule has 0 bridgehead atoms. The van der Waals surface area contributed by atoms with Crippen molar-refractivity contribution in [3.05, 3.63) is 48.8 Å². The van der Waals surface area contributed by atoms with E-state index in [-0.39, 0.29) is 12.4 Å². The lowest BCUT2D eigenvalue weighted by atomic mass is 10.3. The number of halogens is 1. The van der Waals surface area contributed by atoms with E-state index in [1.54, 1.807) is 11.8 Å². The highest BCUT2D eigenvalue weighted by atomic mass is 35.5. The van der Waals surface area contributed by atoms with Crippen LogP contribution in [0.5, 0.6) is 0 Å². The van der Waals surface area contributed by atoms with Crippen LogP contribution in [0.2, 0.25) is 0 Å². The van der Waals surface area contributed by atoms with Gasteiger partial charge in [-0.25, -0.2) is 0 Å². The topological polar surface area (TPSA) is 29.9 Å². The summed E-state index contributed by atoms with van der Waals surface area (Å²) in [5.74, 6) is 0. The molecule has 1 aromatic carbocycles. The minimum absolute atomic E-state index is 0. The van der Waals surface area contributed by atoms with Crippen LogP contribution in [0.15, 0.2) is 58.1 Å². The van der Waals surface area contributed by atoms with E-state index in [9.17, 15) is 0 Å². The molecule has 0 atom stereocenters. The van der Waals surface area contributed by atoms with Crippen molar-refractivity contribution in [2.75, 3.05) is 6.26 Å². The molecule has 0 fully saturated rings. The summed E-state index contributed by atoms with van der Waals surface area (Å²) < 4.78 is 7.55. The number of aromatic nitrogens is 2. The van der Waals surface area contributed by atoms with E-state index < -0.39 is 0 Å². The average Bonchev–Trinajstić information content (AvgIpc) is 2.82. The molecule has 0 saturated heterocycles. The molecule has 0 N–H and O–H groups in total. The number of hydrogen-bond acceptors (Lipinski definition) is 3. The maximum atomic E-state index is 5.67. The highest BCUT2D eigenvalue weighted by Crippen LogP contribution is 2.15. The Morgan fingerprint density at radius 3 is 2.50 bits per heavy atom. The zero-order valence-electron chi connectivity index (χ0n) is 9.71. The third-order valence-corrected chi connectivity index (χ3v) is 3.28. The van der Waals surface area contributed by atoms with Gasteiger partial charge < -0.3 is 16.8 Å². The van der Waals surface area contributed by atoms with E-state index >= 15 is 0 Å².